The summed E-state index contributed by atoms with van der Waals surface area (Å²) < 4.78 is 1.96. The minimum Gasteiger partial charge on any atom is -0.337 e. The lowest BCUT2D eigenvalue weighted by Gasteiger charge is -2.28. The van der Waals surface area contributed by atoms with E-state index in [9.17, 15) is 14.9 Å². The molecular weight excluding hydrogens is 412 g/mol. The van der Waals surface area contributed by atoms with Crippen LogP contribution in [0, 0.1) is 17.2 Å². The summed E-state index contributed by atoms with van der Waals surface area (Å²) in [5, 5.41) is 24.1. The molecule has 31 heavy (non-hydrogen) atoms. The van der Waals surface area contributed by atoms with E-state index in [2.05, 4.69) is 26.9 Å². The SMILES string of the molecule is CC(=O)Nc1cccc(-n2c(SC(C)C(=O)NC(C)(C#N)C(C)C)nnc2C2CC2)c1. The zero-order valence-corrected chi connectivity index (χ0v) is 19.3. The van der Waals surface area contributed by atoms with Crippen molar-refractivity contribution in [2.45, 2.75) is 69.3 Å². The highest BCUT2D eigenvalue weighted by molar-refractivity contribution is 8.00. The number of anilines is 1. The quantitative estimate of drug-likeness (QED) is 0.606. The summed E-state index contributed by atoms with van der Waals surface area (Å²) in [6, 6.07) is 9.70. The van der Waals surface area contributed by atoms with E-state index in [4.69, 9.17) is 0 Å². The highest BCUT2D eigenvalue weighted by atomic mass is 32.2. The van der Waals surface area contributed by atoms with Crippen molar-refractivity contribution in [2.24, 2.45) is 5.92 Å². The Morgan fingerprint density at radius 1 is 1.29 bits per heavy atom. The van der Waals surface area contributed by atoms with Crippen molar-refractivity contribution in [3.8, 4) is 11.8 Å². The Bertz CT molecular complexity index is 1020. The predicted molar refractivity (Wildman–Crippen MR) is 120 cm³/mol. The summed E-state index contributed by atoms with van der Waals surface area (Å²) in [7, 11) is 0. The molecule has 1 heterocycles. The molecule has 1 aliphatic carbocycles. The van der Waals surface area contributed by atoms with Gasteiger partial charge in [0.1, 0.15) is 11.4 Å². The van der Waals surface area contributed by atoms with Gasteiger partial charge >= 0.3 is 0 Å². The second-order valence-corrected chi connectivity index (χ2v) is 9.71. The van der Waals surface area contributed by atoms with Crippen LogP contribution in [0.25, 0.3) is 5.69 Å². The lowest BCUT2D eigenvalue weighted by atomic mass is 9.90. The molecule has 1 aromatic heterocycles. The van der Waals surface area contributed by atoms with Crippen LogP contribution in [0.5, 0.6) is 0 Å². The number of hydrogen-bond acceptors (Lipinski definition) is 6. The number of carbonyl (C=O) groups is 2. The summed E-state index contributed by atoms with van der Waals surface area (Å²) in [5.41, 5.74) is 0.576. The van der Waals surface area contributed by atoms with Crippen LogP contribution in [0.4, 0.5) is 5.69 Å². The average Bonchev–Trinajstić information content (AvgIpc) is 3.47. The Kier molecular flexibility index (Phi) is 6.70. The number of thioether (sulfide) groups is 1. The number of carbonyl (C=O) groups excluding carboxylic acids is 2. The van der Waals surface area contributed by atoms with Crippen LogP contribution in [-0.4, -0.2) is 37.4 Å². The van der Waals surface area contributed by atoms with Crippen molar-refractivity contribution in [1.82, 2.24) is 20.1 Å². The molecule has 1 saturated carbocycles. The van der Waals surface area contributed by atoms with Crippen LogP contribution in [0.1, 0.15) is 59.2 Å². The normalized spacial score (nSPS) is 16.3. The Morgan fingerprint density at radius 2 is 2.00 bits per heavy atom. The van der Waals surface area contributed by atoms with Gasteiger partial charge in [0.05, 0.1) is 17.0 Å². The summed E-state index contributed by atoms with van der Waals surface area (Å²) >= 11 is 1.30. The highest BCUT2D eigenvalue weighted by Gasteiger charge is 2.34. The van der Waals surface area contributed by atoms with Gasteiger partial charge in [-0.25, -0.2) is 0 Å². The zero-order valence-electron chi connectivity index (χ0n) is 18.5. The fourth-order valence-electron chi connectivity index (χ4n) is 3.00. The van der Waals surface area contributed by atoms with Gasteiger partial charge in [-0.15, -0.1) is 10.2 Å². The van der Waals surface area contributed by atoms with Crippen LogP contribution < -0.4 is 10.6 Å². The maximum atomic E-state index is 12.8. The van der Waals surface area contributed by atoms with Crippen LogP contribution in [0.15, 0.2) is 29.4 Å². The highest BCUT2D eigenvalue weighted by Crippen LogP contribution is 2.41. The van der Waals surface area contributed by atoms with Gasteiger partial charge in [0.25, 0.3) is 0 Å². The van der Waals surface area contributed by atoms with Gasteiger partial charge in [-0.05, 0) is 50.8 Å². The number of rotatable bonds is 8. The fourth-order valence-corrected chi connectivity index (χ4v) is 3.88. The van der Waals surface area contributed by atoms with Crippen molar-refractivity contribution < 1.29 is 9.59 Å². The topological polar surface area (TPSA) is 113 Å². The van der Waals surface area contributed by atoms with E-state index in [1.165, 1.54) is 18.7 Å². The smallest absolute Gasteiger partial charge is 0.234 e. The molecule has 8 nitrogen and oxygen atoms in total. The number of hydrogen-bond donors (Lipinski definition) is 2. The van der Waals surface area contributed by atoms with E-state index in [1.54, 1.807) is 13.8 Å². The molecule has 0 saturated heterocycles. The second-order valence-electron chi connectivity index (χ2n) is 8.40. The molecule has 2 N–H and O–H groups in total. The number of amides is 2. The maximum Gasteiger partial charge on any atom is 0.234 e. The first-order valence-corrected chi connectivity index (χ1v) is 11.3. The van der Waals surface area contributed by atoms with Gasteiger partial charge in [0.15, 0.2) is 5.16 Å². The Labute approximate surface area is 186 Å². The molecule has 1 aliphatic rings. The maximum absolute atomic E-state index is 12.8. The number of aromatic nitrogens is 3. The molecule has 1 aromatic carbocycles. The van der Waals surface area contributed by atoms with E-state index in [1.807, 2.05) is 42.7 Å². The standard InChI is InChI=1S/C22H28N6O2S/c1-13(2)22(5,12-23)25-20(30)14(3)31-21-27-26-19(16-9-10-16)28(21)18-8-6-7-17(11-18)24-15(4)29/h6-8,11,13-14,16H,9-10H2,1-5H3,(H,24,29)(H,25,30). The van der Waals surface area contributed by atoms with Gasteiger partial charge in [-0.2, -0.15) is 5.26 Å². The third kappa shape index (κ3) is 5.25. The lowest BCUT2D eigenvalue weighted by Crippen LogP contribution is -2.51. The molecule has 2 aromatic rings. The van der Waals surface area contributed by atoms with Gasteiger partial charge in [0, 0.05) is 18.5 Å². The van der Waals surface area contributed by atoms with E-state index in [0.717, 1.165) is 24.4 Å². The van der Waals surface area contributed by atoms with Crippen LogP contribution in [0.2, 0.25) is 0 Å². The summed E-state index contributed by atoms with van der Waals surface area (Å²) in [6.07, 6.45) is 2.11. The van der Waals surface area contributed by atoms with Crippen molar-refractivity contribution in [3.05, 3.63) is 30.1 Å². The molecule has 3 rings (SSSR count). The molecule has 2 atom stereocenters. The second kappa shape index (κ2) is 9.10. The molecule has 2 unspecified atom stereocenters. The zero-order chi connectivity index (χ0) is 22.8. The Hall–Kier alpha value is -2.86. The van der Waals surface area contributed by atoms with Gasteiger partial charge < -0.3 is 10.6 Å². The van der Waals surface area contributed by atoms with Crippen LogP contribution >= 0.6 is 11.8 Å². The third-order valence-corrected chi connectivity index (χ3v) is 6.49. The van der Waals surface area contributed by atoms with E-state index in [-0.39, 0.29) is 17.7 Å². The van der Waals surface area contributed by atoms with Gasteiger partial charge in [-0.1, -0.05) is 31.7 Å². The number of nitrogens with one attached hydrogen (secondary N) is 2. The van der Waals surface area contributed by atoms with Crippen LogP contribution in [-0.2, 0) is 9.59 Å². The lowest BCUT2D eigenvalue weighted by molar-refractivity contribution is -0.122. The minimum absolute atomic E-state index is 0.0275. The molecule has 9 heteroatoms. The summed E-state index contributed by atoms with van der Waals surface area (Å²) in [4.78, 5) is 24.3. The molecular formula is C22H28N6O2S. The molecule has 1 fully saturated rings. The molecule has 0 aliphatic heterocycles. The molecule has 0 spiro atoms. The first-order valence-electron chi connectivity index (χ1n) is 10.4. The largest absolute Gasteiger partial charge is 0.337 e. The van der Waals surface area contributed by atoms with Gasteiger partial charge in [0.2, 0.25) is 11.8 Å². The Balaban J connectivity index is 1.87. The predicted octanol–water partition coefficient (Wildman–Crippen LogP) is 3.64. The van der Waals surface area contributed by atoms with Crippen molar-refractivity contribution in [1.29, 1.82) is 5.26 Å². The first-order chi connectivity index (χ1) is 14.6. The van der Waals surface area contributed by atoms with E-state index < -0.39 is 10.8 Å². The monoisotopic (exact) mass is 440 g/mol. The minimum atomic E-state index is -0.939. The number of nitriles is 1. The summed E-state index contributed by atoms with van der Waals surface area (Å²) in [5.74, 6) is 0.809. The molecule has 0 radical (unpaired) electrons. The average molecular weight is 441 g/mol. The Morgan fingerprint density at radius 3 is 2.58 bits per heavy atom. The van der Waals surface area contributed by atoms with Crippen LogP contribution in [0.3, 0.4) is 0 Å². The first kappa shape index (κ1) is 22.8. The van der Waals surface area contributed by atoms with Crippen molar-refractivity contribution >= 4 is 29.3 Å². The number of benzene rings is 1. The van der Waals surface area contributed by atoms with Crippen molar-refractivity contribution in [2.75, 3.05) is 5.32 Å². The molecule has 164 valence electrons. The summed E-state index contributed by atoms with van der Waals surface area (Å²) in [6.45, 7) is 8.80. The third-order valence-electron chi connectivity index (χ3n) is 5.45. The van der Waals surface area contributed by atoms with Gasteiger partial charge in [-0.3, -0.25) is 14.2 Å². The van der Waals surface area contributed by atoms with E-state index in [0.29, 0.717) is 16.8 Å². The van der Waals surface area contributed by atoms with E-state index >= 15 is 0 Å². The fraction of sp³-hybridized carbons (Fsp3) is 0.500. The molecule has 0 bridgehead atoms. The molecule has 2 amide bonds. The number of nitrogens with zero attached hydrogens (tertiary/aromatic N) is 4. The van der Waals surface area contributed by atoms with Crippen molar-refractivity contribution in [3.63, 3.8) is 0 Å².